The molecule has 5 heteroatoms. The second kappa shape index (κ2) is 7.43. The van der Waals surface area contributed by atoms with Gasteiger partial charge in [0.05, 0.1) is 11.3 Å². The number of rotatable bonds is 5. The smallest absolute Gasteiger partial charge is 0.224 e. The van der Waals surface area contributed by atoms with E-state index in [1.54, 1.807) is 24.3 Å². The number of amides is 1. The van der Waals surface area contributed by atoms with Crippen molar-refractivity contribution in [2.75, 3.05) is 5.32 Å². The number of hydrogen-bond acceptors (Lipinski definition) is 4. The van der Waals surface area contributed by atoms with Gasteiger partial charge in [0.2, 0.25) is 5.91 Å². The van der Waals surface area contributed by atoms with Gasteiger partial charge >= 0.3 is 0 Å². The number of aliphatic hydroxyl groups is 1. The fourth-order valence-electron chi connectivity index (χ4n) is 2.70. The summed E-state index contributed by atoms with van der Waals surface area (Å²) in [5.74, 6) is -0.0454. The molecule has 0 saturated carbocycles. The van der Waals surface area contributed by atoms with E-state index in [2.05, 4.69) is 10.3 Å². The molecule has 2 N–H and O–H groups in total. The molecular formula is C19H24N2O3. The third kappa shape index (κ3) is 4.78. The van der Waals surface area contributed by atoms with Crippen LogP contribution in [0.4, 0.5) is 11.4 Å². The van der Waals surface area contributed by atoms with Crippen LogP contribution in [-0.2, 0) is 9.59 Å². The van der Waals surface area contributed by atoms with E-state index in [1.807, 2.05) is 20.8 Å². The van der Waals surface area contributed by atoms with Crippen molar-refractivity contribution in [1.29, 1.82) is 0 Å². The van der Waals surface area contributed by atoms with E-state index >= 15 is 0 Å². The molecule has 1 aromatic rings. The molecule has 1 aliphatic carbocycles. The number of allylic oxidation sites excluding steroid dienone is 2. The highest BCUT2D eigenvalue weighted by Gasteiger charge is 2.32. The summed E-state index contributed by atoms with van der Waals surface area (Å²) in [7, 11) is 0. The first kappa shape index (κ1) is 17.9. The first-order valence-corrected chi connectivity index (χ1v) is 8.20. The Morgan fingerprint density at radius 3 is 2.79 bits per heavy atom. The SMILES string of the molecule is CCCC(=O)Nc1cccc(N=CC2=C(O)CC(C)(C)CC2=O)c1. The molecule has 0 saturated heterocycles. The van der Waals surface area contributed by atoms with Crippen molar-refractivity contribution in [2.24, 2.45) is 10.4 Å². The molecule has 0 aliphatic heterocycles. The predicted molar refractivity (Wildman–Crippen MR) is 95.8 cm³/mol. The Morgan fingerprint density at radius 2 is 2.12 bits per heavy atom. The van der Waals surface area contributed by atoms with Gasteiger partial charge in [0, 0.05) is 31.2 Å². The quantitative estimate of drug-likeness (QED) is 0.790. The maximum Gasteiger partial charge on any atom is 0.224 e. The van der Waals surface area contributed by atoms with E-state index in [-0.39, 0.29) is 28.4 Å². The second-order valence-corrected chi connectivity index (χ2v) is 6.91. The van der Waals surface area contributed by atoms with E-state index in [9.17, 15) is 14.7 Å². The largest absolute Gasteiger partial charge is 0.511 e. The van der Waals surface area contributed by atoms with Crippen molar-refractivity contribution < 1.29 is 14.7 Å². The third-order valence-corrected chi connectivity index (χ3v) is 3.85. The minimum atomic E-state index is -0.220. The average molecular weight is 328 g/mol. The van der Waals surface area contributed by atoms with Gasteiger partial charge < -0.3 is 10.4 Å². The fraction of sp³-hybridized carbons (Fsp3) is 0.421. The molecule has 24 heavy (non-hydrogen) atoms. The normalized spacial score (nSPS) is 17.4. The second-order valence-electron chi connectivity index (χ2n) is 6.91. The standard InChI is InChI=1S/C19H24N2O3/c1-4-6-18(24)21-14-8-5-7-13(9-14)20-12-15-16(22)10-19(2,3)11-17(15)23/h5,7-9,12,22H,4,6,10-11H2,1-3H3,(H,21,24). The highest BCUT2D eigenvalue weighted by atomic mass is 16.3. The highest BCUT2D eigenvalue weighted by Crippen LogP contribution is 2.35. The minimum Gasteiger partial charge on any atom is -0.511 e. The van der Waals surface area contributed by atoms with E-state index < -0.39 is 0 Å². The number of aliphatic hydroxyl groups excluding tert-OH is 1. The molecule has 1 aromatic carbocycles. The van der Waals surface area contributed by atoms with E-state index in [0.717, 1.165) is 6.42 Å². The number of anilines is 1. The van der Waals surface area contributed by atoms with Gasteiger partial charge in [0.15, 0.2) is 5.78 Å². The first-order valence-electron chi connectivity index (χ1n) is 8.20. The molecule has 0 heterocycles. The van der Waals surface area contributed by atoms with Gasteiger partial charge in [-0.25, -0.2) is 0 Å². The summed E-state index contributed by atoms with van der Waals surface area (Å²) >= 11 is 0. The van der Waals surface area contributed by atoms with Gasteiger partial charge in [0.25, 0.3) is 0 Å². The van der Waals surface area contributed by atoms with Gasteiger partial charge in [-0.15, -0.1) is 0 Å². The zero-order valence-electron chi connectivity index (χ0n) is 14.4. The summed E-state index contributed by atoms with van der Waals surface area (Å²) < 4.78 is 0. The third-order valence-electron chi connectivity index (χ3n) is 3.85. The Hall–Kier alpha value is -2.43. The van der Waals surface area contributed by atoms with Crippen molar-refractivity contribution in [3.05, 3.63) is 35.6 Å². The van der Waals surface area contributed by atoms with Crippen LogP contribution in [-0.4, -0.2) is 23.0 Å². The molecule has 0 spiro atoms. The molecule has 5 nitrogen and oxygen atoms in total. The van der Waals surface area contributed by atoms with Gasteiger partial charge in [-0.3, -0.25) is 14.6 Å². The summed E-state index contributed by atoms with van der Waals surface area (Å²) in [4.78, 5) is 28.1. The number of benzene rings is 1. The van der Waals surface area contributed by atoms with Gasteiger partial charge in [0.1, 0.15) is 5.76 Å². The van der Waals surface area contributed by atoms with Gasteiger partial charge in [-0.1, -0.05) is 26.8 Å². The molecule has 0 radical (unpaired) electrons. The van der Waals surface area contributed by atoms with Crippen LogP contribution >= 0.6 is 0 Å². The van der Waals surface area contributed by atoms with Crippen LogP contribution < -0.4 is 5.32 Å². The lowest BCUT2D eigenvalue weighted by Gasteiger charge is -2.28. The lowest BCUT2D eigenvalue weighted by atomic mass is 9.77. The molecule has 128 valence electrons. The Bertz CT molecular complexity index is 702. The van der Waals surface area contributed by atoms with Crippen molar-refractivity contribution in [3.63, 3.8) is 0 Å². The van der Waals surface area contributed by atoms with Crippen molar-refractivity contribution in [1.82, 2.24) is 0 Å². The van der Waals surface area contributed by atoms with Crippen molar-refractivity contribution >= 4 is 29.3 Å². The Kier molecular flexibility index (Phi) is 5.54. The maximum absolute atomic E-state index is 12.2. The van der Waals surface area contributed by atoms with Gasteiger partial charge in [-0.05, 0) is 30.0 Å². The molecule has 0 aromatic heterocycles. The zero-order chi connectivity index (χ0) is 17.7. The van der Waals surface area contributed by atoms with Crippen LogP contribution in [0, 0.1) is 5.41 Å². The number of carbonyl (C=O) groups is 2. The topological polar surface area (TPSA) is 78.8 Å². The summed E-state index contributed by atoms with van der Waals surface area (Å²) in [6.45, 7) is 5.86. The predicted octanol–water partition coefficient (Wildman–Crippen LogP) is 4.33. The number of hydrogen-bond donors (Lipinski definition) is 2. The fourth-order valence-corrected chi connectivity index (χ4v) is 2.70. The number of Topliss-reactive ketones (excluding diaryl/α,β-unsaturated/α-hetero) is 1. The number of carbonyl (C=O) groups excluding carboxylic acids is 2. The van der Waals surface area contributed by atoms with Crippen molar-refractivity contribution in [2.45, 2.75) is 46.5 Å². The van der Waals surface area contributed by atoms with Crippen LogP contribution in [0.2, 0.25) is 0 Å². The van der Waals surface area contributed by atoms with E-state index in [1.165, 1.54) is 6.21 Å². The molecule has 1 amide bonds. The number of ketones is 1. The number of aliphatic imine (C=N–C) groups is 1. The Balaban J connectivity index is 2.15. The monoisotopic (exact) mass is 328 g/mol. The van der Waals surface area contributed by atoms with Crippen LogP contribution in [0.25, 0.3) is 0 Å². The molecule has 0 unspecified atom stereocenters. The molecule has 2 rings (SSSR count). The molecule has 1 aliphatic rings. The summed E-state index contributed by atoms with van der Waals surface area (Å²) in [5, 5.41) is 12.9. The summed E-state index contributed by atoms with van der Waals surface area (Å²) in [5.41, 5.74) is 1.33. The van der Waals surface area contributed by atoms with E-state index in [4.69, 9.17) is 0 Å². The van der Waals surface area contributed by atoms with Gasteiger partial charge in [-0.2, -0.15) is 0 Å². The summed E-state index contributed by atoms with van der Waals surface area (Å²) in [6, 6.07) is 7.09. The highest BCUT2D eigenvalue weighted by molar-refractivity contribution is 6.14. The maximum atomic E-state index is 12.2. The van der Waals surface area contributed by atoms with Crippen LogP contribution in [0.5, 0.6) is 0 Å². The summed E-state index contributed by atoms with van der Waals surface area (Å²) in [6.07, 6.45) is 3.53. The number of nitrogens with one attached hydrogen (secondary N) is 1. The average Bonchev–Trinajstić information content (AvgIpc) is 2.45. The lowest BCUT2D eigenvalue weighted by molar-refractivity contribution is -0.118. The van der Waals surface area contributed by atoms with Crippen LogP contribution in [0.15, 0.2) is 40.6 Å². The molecule has 0 bridgehead atoms. The zero-order valence-corrected chi connectivity index (χ0v) is 14.4. The molecular weight excluding hydrogens is 304 g/mol. The first-order chi connectivity index (χ1) is 11.3. The number of nitrogens with zero attached hydrogens (tertiary/aromatic N) is 1. The lowest BCUT2D eigenvalue weighted by Crippen LogP contribution is -2.26. The molecule has 0 atom stereocenters. The Morgan fingerprint density at radius 1 is 1.38 bits per heavy atom. The minimum absolute atomic E-state index is 0.0383. The van der Waals surface area contributed by atoms with Crippen LogP contribution in [0.3, 0.4) is 0 Å². The van der Waals surface area contributed by atoms with Crippen molar-refractivity contribution in [3.8, 4) is 0 Å². The van der Waals surface area contributed by atoms with E-state index in [0.29, 0.717) is 30.6 Å². The van der Waals surface area contributed by atoms with Crippen LogP contribution in [0.1, 0.15) is 46.5 Å². The Labute approximate surface area is 142 Å². The molecule has 0 fully saturated rings.